The van der Waals surface area contributed by atoms with Gasteiger partial charge in [-0.1, -0.05) is 26.0 Å². The molecule has 0 radical (unpaired) electrons. The van der Waals surface area contributed by atoms with Gasteiger partial charge < -0.3 is 10.4 Å². The Hall–Kier alpha value is -2.07. The van der Waals surface area contributed by atoms with Crippen molar-refractivity contribution in [3.63, 3.8) is 0 Å². The van der Waals surface area contributed by atoms with Gasteiger partial charge in [-0.25, -0.2) is 22.0 Å². The lowest BCUT2D eigenvalue weighted by Gasteiger charge is -2.23. The van der Waals surface area contributed by atoms with Crippen LogP contribution in [-0.2, 0) is 19.6 Å². The van der Waals surface area contributed by atoms with Gasteiger partial charge in [0.2, 0.25) is 15.9 Å². The third-order valence-electron chi connectivity index (χ3n) is 3.13. The molecule has 1 amide bonds. The maximum Gasteiger partial charge on any atom is 0.328 e. The Balaban J connectivity index is 3.03. The van der Waals surface area contributed by atoms with Crippen LogP contribution in [0.4, 0.5) is 8.78 Å². The van der Waals surface area contributed by atoms with E-state index in [4.69, 9.17) is 5.11 Å². The Kier molecular flexibility index (Phi) is 6.79. The molecule has 0 spiro atoms. The molecule has 134 valence electrons. The molecule has 0 heterocycles. The van der Waals surface area contributed by atoms with Crippen LogP contribution in [0.3, 0.4) is 0 Å². The van der Waals surface area contributed by atoms with Crippen LogP contribution < -0.4 is 10.0 Å². The zero-order valence-electron chi connectivity index (χ0n) is 13.0. The SMILES string of the molecule is CC(C)C(NS(=O)(=O)c1ccccc1F)C(=O)NC(CF)C(=O)O. The summed E-state index contributed by atoms with van der Waals surface area (Å²) in [4.78, 5) is 22.2. The van der Waals surface area contributed by atoms with Gasteiger partial charge in [-0.15, -0.1) is 0 Å². The first-order valence-corrected chi connectivity index (χ1v) is 8.44. The van der Waals surface area contributed by atoms with Gasteiger partial charge in [0, 0.05) is 0 Å². The predicted molar refractivity (Wildman–Crippen MR) is 80.9 cm³/mol. The number of alkyl halides is 1. The third-order valence-corrected chi connectivity index (χ3v) is 4.60. The summed E-state index contributed by atoms with van der Waals surface area (Å²) in [6, 6.07) is 1.39. The Labute approximate surface area is 138 Å². The van der Waals surface area contributed by atoms with Gasteiger partial charge in [-0.05, 0) is 18.1 Å². The summed E-state index contributed by atoms with van der Waals surface area (Å²) in [5.74, 6) is -4.21. The zero-order valence-corrected chi connectivity index (χ0v) is 13.8. The molecule has 0 saturated carbocycles. The average Bonchev–Trinajstić information content (AvgIpc) is 2.49. The number of rotatable bonds is 8. The van der Waals surface area contributed by atoms with Crippen LogP contribution in [0.2, 0.25) is 0 Å². The minimum Gasteiger partial charge on any atom is -0.480 e. The molecule has 1 aromatic rings. The summed E-state index contributed by atoms with van der Waals surface area (Å²) >= 11 is 0. The van der Waals surface area contributed by atoms with Gasteiger partial charge >= 0.3 is 5.97 Å². The molecule has 0 aliphatic carbocycles. The van der Waals surface area contributed by atoms with Gasteiger partial charge in [0.1, 0.15) is 23.4 Å². The number of nitrogens with one attached hydrogen (secondary N) is 2. The molecule has 7 nitrogen and oxygen atoms in total. The van der Waals surface area contributed by atoms with Gasteiger partial charge in [0.15, 0.2) is 6.04 Å². The highest BCUT2D eigenvalue weighted by Gasteiger charge is 2.32. The summed E-state index contributed by atoms with van der Waals surface area (Å²) in [7, 11) is -4.37. The fraction of sp³-hybridized carbons (Fsp3) is 0.429. The van der Waals surface area contributed by atoms with Gasteiger partial charge in [-0.3, -0.25) is 4.79 Å². The van der Waals surface area contributed by atoms with Crippen LogP contribution in [0.5, 0.6) is 0 Å². The quantitative estimate of drug-likeness (QED) is 0.627. The van der Waals surface area contributed by atoms with E-state index in [1.807, 2.05) is 10.0 Å². The lowest BCUT2D eigenvalue weighted by Crippen LogP contribution is -2.54. The number of hydrogen-bond donors (Lipinski definition) is 3. The Morgan fingerprint density at radius 2 is 1.83 bits per heavy atom. The van der Waals surface area contributed by atoms with Crippen molar-refractivity contribution in [1.29, 1.82) is 0 Å². The molecule has 1 aromatic carbocycles. The van der Waals surface area contributed by atoms with E-state index in [0.29, 0.717) is 0 Å². The molecule has 1 rings (SSSR count). The largest absolute Gasteiger partial charge is 0.480 e. The maximum atomic E-state index is 13.7. The van der Waals surface area contributed by atoms with Crippen LogP contribution >= 0.6 is 0 Å². The number of carboxylic acid groups (broad SMARTS) is 1. The van der Waals surface area contributed by atoms with E-state index >= 15 is 0 Å². The molecular formula is C14H18F2N2O5S. The summed E-state index contributed by atoms with van der Waals surface area (Å²) in [6.45, 7) is 1.64. The van der Waals surface area contributed by atoms with E-state index in [9.17, 15) is 26.8 Å². The van der Waals surface area contributed by atoms with Crippen molar-refractivity contribution >= 4 is 21.9 Å². The number of aliphatic carboxylic acids is 1. The van der Waals surface area contributed by atoms with E-state index in [1.54, 1.807) is 0 Å². The zero-order chi connectivity index (χ0) is 18.5. The third kappa shape index (κ3) is 4.96. The number of hydrogen-bond acceptors (Lipinski definition) is 4. The topological polar surface area (TPSA) is 113 Å². The van der Waals surface area contributed by atoms with Crippen molar-refractivity contribution in [3.8, 4) is 0 Å². The molecule has 0 aliphatic rings. The van der Waals surface area contributed by atoms with Crippen molar-refractivity contribution in [2.45, 2.75) is 30.8 Å². The van der Waals surface area contributed by atoms with Gasteiger partial charge in [0.25, 0.3) is 0 Å². The summed E-state index contributed by atoms with van der Waals surface area (Å²) < 4.78 is 52.8. The van der Waals surface area contributed by atoms with E-state index < -0.39 is 57.3 Å². The molecule has 0 aliphatic heterocycles. The molecule has 3 N–H and O–H groups in total. The highest BCUT2D eigenvalue weighted by atomic mass is 32.2. The summed E-state index contributed by atoms with van der Waals surface area (Å²) in [5.41, 5.74) is 0. The lowest BCUT2D eigenvalue weighted by molar-refractivity contribution is -0.142. The van der Waals surface area contributed by atoms with Gasteiger partial charge in [-0.2, -0.15) is 4.72 Å². The van der Waals surface area contributed by atoms with E-state index in [2.05, 4.69) is 0 Å². The summed E-state index contributed by atoms with van der Waals surface area (Å²) in [6.07, 6.45) is 0. The Morgan fingerprint density at radius 1 is 1.25 bits per heavy atom. The fourth-order valence-electron chi connectivity index (χ4n) is 1.81. The molecule has 2 unspecified atom stereocenters. The fourth-order valence-corrected chi connectivity index (χ4v) is 3.24. The van der Waals surface area contributed by atoms with E-state index in [-0.39, 0.29) is 0 Å². The van der Waals surface area contributed by atoms with Crippen LogP contribution in [0.1, 0.15) is 13.8 Å². The lowest BCUT2D eigenvalue weighted by atomic mass is 10.0. The highest BCUT2D eigenvalue weighted by Crippen LogP contribution is 2.15. The molecule has 0 fully saturated rings. The van der Waals surface area contributed by atoms with E-state index in [0.717, 1.165) is 12.1 Å². The molecule has 24 heavy (non-hydrogen) atoms. The number of sulfonamides is 1. The molecule has 10 heteroatoms. The minimum atomic E-state index is -4.37. The monoisotopic (exact) mass is 364 g/mol. The highest BCUT2D eigenvalue weighted by molar-refractivity contribution is 7.89. The van der Waals surface area contributed by atoms with Crippen molar-refractivity contribution in [3.05, 3.63) is 30.1 Å². The van der Waals surface area contributed by atoms with Crippen molar-refractivity contribution in [2.75, 3.05) is 6.67 Å². The number of carboxylic acids is 1. The molecule has 2 atom stereocenters. The van der Waals surface area contributed by atoms with Crippen molar-refractivity contribution < 1.29 is 31.9 Å². The molecule has 0 bridgehead atoms. The Bertz CT molecular complexity index is 709. The molecular weight excluding hydrogens is 346 g/mol. The first kappa shape index (κ1) is 20.0. The van der Waals surface area contributed by atoms with Crippen molar-refractivity contribution in [2.24, 2.45) is 5.92 Å². The standard InChI is InChI=1S/C14H18F2N2O5S/c1-8(2)12(13(19)17-10(7-15)14(20)21)18-24(22,23)11-6-4-3-5-9(11)16/h3-6,8,10,12,18H,7H2,1-2H3,(H,17,19)(H,20,21). The van der Waals surface area contributed by atoms with E-state index in [1.165, 1.54) is 26.0 Å². The first-order chi connectivity index (χ1) is 11.1. The number of benzene rings is 1. The Morgan fingerprint density at radius 3 is 2.29 bits per heavy atom. The predicted octanol–water partition coefficient (Wildman–Crippen LogP) is 0.667. The normalized spacial score (nSPS) is 14.2. The molecule has 0 saturated heterocycles. The second kappa shape index (κ2) is 8.15. The smallest absolute Gasteiger partial charge is 0.328 e. The second-order valence-corrected chi connectivity index (χ2v) is 7.01. The number of carbonyl (C=O) groups excluding carboxylic acids is 1. The van der Waals surface area contributed by atoms with Crippen molar-refractivity contribution in [1.82, 2.24) is 10.0 Å². The first-order valence-electron chi connectivity index (χ1n) is 6.96. The minimum absolute atomic E-state index is 0.597. The van der Waals surface area contributed by atoms with Crippen LogP contribution in [-0.4, -0.2) is 44.2 Å². The second-order valence-electron chi connectivity index (χ2n) is 5.33. The number of carbonyl (C=O) groups is 2. The van der Waals surface area contributed by atoms with Gasteiger partial charge in [0.05, 0.1) is 0 Å². The van der Waals surface area contributed by atoms with Crippen LogP contribution in [0, 0.1) is 11.7 Å². The van der Waals surface area contributed by atoms with Crippen LogP contribution in [0.25, 0.3) is 0 Å². The summed E-state index contributed by atoms with van der Waals surface area (Å²) in [5, 5.41) is 10.6. The molecule has 0 aromatic heterocycles. The number of amides is 1. The van der Waals surface area contributed by atoms with Crippen LogP contribution in [0.15, 0.2) is 29.2 Å². The maximum absolute atomic E-state index is 13.7. The average molecular weight is 364 g/mol. The number of halogens is 2.